The summed E-state index contributed by atoms with van der Waals surface area (Å²) < 4.78 is 29.9. The zero-order valence-corrected chi connectivity index (χ0v) is 18.1. The van der Waals surface area contributed by atoms with Crippen LogP contribution in [0.15, 0.2) is 47.1 Å². The smallest absolute Gasteiger partial charge is 0.251 e. The Balaban J connectivity index is 1.38. The van der Waals surface area contributed by atoms with Gasteiger partial charge in [-0.05, 0) is 62.2 Å². The normalized spacial score (nSPS) is 11.0. The van der Waals surface area contributed by atoms with Gasteiger partial charge in [0.1, 0.15) is 18.2 Å². The highest BCUT2D eigenvalue weighted by Gasteiger charge is 2.14. The van der Waals surface area contributed by atoms with Gasteiger partial charge in [-0.2, -0.15) is 0 Å². The van der Waals surface area contributed by atoms with E-state index in [1.165, 1.54) is 19.2 Å². The standard InChI is InChI=1S/C24H24FN3O4/c1-14-20(15(2)32-28-14)13-31-22-7-4-16(10-23(22)30-3)24(29)26-9-8-17-12-27-21-6-5-18(25)11-19(17)21/h4-7,10-12,27H,8-9,13H2,1-3H3,(H,26,29). The van der Waals surface area contributed by atoms with E-state index in [9.17, 15) is 9.18 Å². The molecule has 0 bridgehead atoms. The summed E-state index contributed by atoms with van der Waals surface area (Å²) in [6.45, 7) is 4.38. The lowest BCUT2D eigenvalue weighted by Crippen LogP contribution is -2.25. The molecule has 0 radical (unpaired) electrons. The number of aromatic amines is 1. The van der Waals surface area contributed by atoms with Gasteiger partial charge < -0.3 is 24.3 Å². The molecule has 0 saturated carbocycles. The number of nitrogens with zero attached hydrogens (tertiary/aromatic N) is 1. The first-order chi connectivity index (χ1) is 15.5. The van der Waals surface area contributed by atoms with Crippen molar-refractivity contribution in [2.75, 3.05) is 13.7 Å². The van der Waals surface area contributed by atoms with Crippen LogP contribution < -0.4 is 14.8 Å². The number of methoxy groups -OCH3 is 1. The highest BCUT2D eigenvalue weighted by atomic mass is 19.1. The van der Waals surface area contributed by atoms with Gasteiger partial charge in [0.15, 0.2) is 11.5 Å². The molecular formula is C24H24FN3O4. The fourth-order valence-electron chi connectivity index (χ4n) is 3.56. The highest BCUT2D eigenvalue weighted by molar-refractivity contribution is 5.95. The van der Waals surface area contributed by atoms with Crippen LogP contribution in [0.25, 0.3) is 10.9 Å². The van der Waals surface area contributed by atoms with Crippen molar-refractivity contribution >= 4 is 16.8 Å². The molecule has 1 amide bonds. The molecular weight excluding hydrogens is 413 g/mol. The van der Waals surface area contributed by atoms with Crippen molar-refractivity contribution in [1.82, 2.24) is 15.5 Å². The van der Waals surface area contributed by atoms with Crippen LogP contribution in [0.3, 0.4) is 0 Å². The van der Waals surface area contributed by atoms with Crippen molar-refractivity contribution in [2.24, 2.45) is 0 Å². The first kappa shape index (κ1) is 21.4. The second kappa shape index (κ2) is 9.13. The van der Waals surface area contributed by atoms with Crippen molar-refractivity contribution in [3.05, 3.63) is 76.6 Å². The third-order valence-electron chi connectivity index (χ3n) is 5.39. The van der Waals surface area contributed by atoms with E-state index in [1.807, 2.05) is 20.0 Å². The average molecular weight is 437 g/mol. The third-order valence-corrected chi connectivity index (χ3v) is 5.39. The highest BCUT2D eigenvalue weighted by Crippen LogP contribution is 2.29. The lowest BCUT2D eigenvalue weighted by molar-refractivity contribution is 0.0953. The zero-order valence-electron chi connectivity index (χ0n) is 18.1. The monoisotopic (exact) mass is 437 g/mol. The number of aryl methyl sites for hydroxylation is 2. The summed E-state index contributed by atoms with van der Waals surface area (Å²) in [7, 11) is 1.52. The van der Waals surface area contributed by atoms with E-state index in [0.717, 1.165) is 27.7 Å². The van der Waals surface area contributed by atoms with Crippen LogP contribution in [0.1, 0.15) is 32.9 Å². The van der Waals surface area contributed by atoms with Crippen molar-refractivity contribution in [1.29, 1.82) is 0 Å². The summed E-state index contributed by atoms with van der Waals surface area (Å²) in [6, 6.07) is 9.64. The fourth-order valence-corrected chi connectivity index (χ4v) is 3.56. The Hall–Kier alpha value is -3.81. The molecule has 8 heteroatoms. The van der Waals surface area contributed by atoms with E-state index in [-0.39, 0.29) is 18.3 Å². The molecule has 0 spiro atoms. The molecule has 0 atom stereocenters. The molecule has 32 heavy (non-hydrogen) atoms. The molecule has 4 rings (SSSR count). The molecule has 0 fully saturated rings. The van der Waals surface area contributed by atoms with Crippen molar-refractivity contribution in [3.63, 3.8) is 0 Å². The minimum Gasteiger partial charge on any atom is -0.493 e. The first-order valence-electron chi connectivity index (χ1n) is 10.2. The van der Waals surface area contributed by atoms with E-state index < -0.39 is 0 Å². The predicted octanol–water partition coefficient (Wildman–Crippen LogP) is 4.47. The van der Waals surface area contributed by atoms with Gasteiger partial charge in [-0.15, -0.1) is 0 Å². The molecule has 0 unspecified atom stereocenters. The zero-order chi connectivity index (χ0) is 22.7. The summed E-state index contributed by atoms with van der Waals surface area (Å²) in [6.07, 6.45) is 2.41. The molecule has 0 aliphatic heterocycles. The molecule has 2 N–H and O–H groups in total. The lowest BCUT2D eigenvalue weighted by Gasteiger charge is -2.12. The van der Waals surface area contributed by atoms with E-state index in [1.54, 1.807) is 24.3 Å². The maximum Gasteiger partial charge on any atom is 0.251 e. The molecule has 2 heterocycles. The second-order valence-electron chi connectivity index (χ2n) is 7.47. The Labute approximate surface area is 184 Å². The minimum absolute atomic E-state index is 0.230. The molecule has 2 aromatic heterocycles. The van der Waals surface area contributed by atoms with Gasteiger partial charge in [-0.25, -0.2) is 4.39 Å². The number of fused-ring (bicyclic) bond motifs is 1. The number of carbonyl (C=O) groups excluding carboxylic acids is 1. The SMILES string of the molecule is COc1cc(C(=O)NCCc2c[nH]c3ccc(F)cc23)ccc1OCc1c(C)noc1C. The number of H-pyrrole nitrogens is 1. The number of rotatable bonds is 8. The number of aromatic nitrogens is 2. The second-order valence-corrected chi connectivity index (χ2v) is 7.47. The molecule has 0 aliphatic rings. The molecule has 0 saturated heterocycles. The van der Waals surface area contributed by atoms with Gasteiger partial charge in [0.25, 0.3) is 5.91 Å². The number of halogens is 1. The molecule has 2 aromatic carbocycles. The number of carbonyl (C=O) groups is 1. The Bertz CT molecular complexity index is 1240. The summed E-state index contributed by atoms with van der Waals surface area (Å²) in [5.41, 5.74) is 3.92. The Kier molecular flexibility index (Phi) is 6.11. The number of hydrogen-bond acceptors (Lipinski definition) is 5. The van der Waals surface area contributed by atoms with Crippen molar-refractivity contribution in [2.45, 2.75) is 26.9 Å². The average Bonchev–Trinajstić information content (AvgIpc) is 3.34. The lowest BCUT2D eigenvalue weighted by atomic mass is 10.1. The predicted molar refractivity (Wildman–Crippen MR) is 118 cm³/mol. The first-order valence-corrected chi connectivity index (χ1v) is 10.2. The number of nitrogens with one attached hydrogen (secondary N) is 2. The van der Waals surface area contributed by atoms with E-state index in [2.05, 4.69) is 15.5 Å². The van der Waals surface area contributed by atoms with Gasteiger partial charge in [-0.1, -0.05) is 5.16 Å². The van der Waals surface area contributed by atoms with Crippen molar-refractivity contribution in [3.8, 4) is 11.5 Å². The van der Waals surface area contributed by atoms with Gasteiger partial charge in [0.05, 0.1) is 18.4 Å². The Morgan fingerprint density at radius 1 is 1.19 bits per heavy atom. The van der Waals surface area contributed by atoms with Crippen LogP contribution in [0.2, 0.25) is 0 Å². The van der Waals surface area contributed by atoms with Gasteiger partial charge in [0.2, 0.25) is 0 Å². The minimum atomic E-state index is -0.286. The van der Waals surface area contributed by atoms with Crippen LogP contribution in [0.4, 0.5) is 4.39 Å². The van der Waals surface area contributed by atoms with Gasteiger partial charge in [-0.3, -0.25) is 4.79 Å². The van der Waals surface area contributed by atoms with E-state index in [4.69, 9.17) is 14.0 Å². The van der Waals surface area contributed by atoms with Crippen molar-refractivity contribution < 1.29 is 23.2 Å². The van der Waals surface area contributed by atoms with Crippen LogP contribution in [-0.4, -0.2) is 29.7 Å². The van der Waals surface area contributed by atoms with Crippen LogP contribution in [-0.2, 0) is 13.0 Å². The topological polar surface area (TPSA) is 89.4 Å². The van der Waals surface area contributed by atoms with Gasteiger partial charge >= 0.3 is 0 Å². The molecule has 166 valence electrons. The fraction of sp³-hybridized carbons (Fsp3) is 0.250. The van der Waals surface area contributed by atoms with Gasteiger partial charge in [0, 0.05) is 29.2 Å². The third kappa shape index (κ3) is 4.44. The summed E-state index contributed by atoms with van der Waals surface area (Å²) in [5, 5.41) is 7.63. The number of benzene rings is 2. The maximum absolute atomic E-state index is 13.5. The maximum atomic E-state index is 13.5. The van der Waals surface area contributed by atoms with E-state index in [0.29, 0.717) is 35.8 Å². The summed E-state index contributed by atoms with van der Waals surface area (Å²) in [4.78, 5) is 15.7. The Morgan fingerprint density at radius 3 is 2.78 bits per heavy atom. The Morgan fingerprint density at radius 2 is 2.03 bits per heavy atom. The summed E-state index contributed by atoms with van der Waals surface area (Å²) in [5.74, 6) is 1.16. The number of amides is 1. The van der Waals surface area contributed by atoms with Crippen LogP contribution >= 0.6 is 0 Å². The molecule has 7 nitrogen and oxygen atoms in total. The molecule has 0 aliphatic carbocycles. The van der Waals surface area contributed by atoms with Crippen LogP contribution in [0, 0.1) is 19.7 Å². The largest absolute Gasteiger partial charge is 0.493 e. The van der Waals surface area contributed by atoms with E-state index >= 15 is 0 Å². The quantitative estimate of drug-likeness (QED) is 0.425. The summed E-state index contributed by atoms with van der Waals surface area (Å²) >= 11 is 0. The molecule has 4 aromatic rings. The number of ether oxygens (including phenoxy) is 2. The van der Waals surface area contributed by atoms with Crippen LogP contribution in [0.5, 0.6) is 11.5 Å². The number of hydrogen-bond donors (Lipinski definition) is 2.